The highest BCUT2D eigenvalue weighted by molar-refractivity contribution is 7.99. The number of benzene rings is 2. The van der Waals surface area contributed by atoms with Crippen LogP contribution < -0.4 is 0 Å². The molecule has 0 bridgehead atoms. The molecule has 0 saturated heterocycles. The van der Waals surface area contributed by atoms with Gasteiger partial charge in [0.05, 0.1) is 5.56 Å². The van der Waals surface area contributed by atoms with Gasteiger partial charge in [-0.05, 0) is 29.4 Å². The molecule has 5 heteroatoms. The molecule has 0 atom stereocenters. The maximum absolute atomic E-state index is 11.1. The van der Waals surface area contributed by atoms with E-state index in [9.17, 15) is 9.70 Å². The van der Waals surface area contributed by atoms with Crippen LogP contribution in [0.5, 0.6) is 0 Å². The fourth-order valence-electron chi connectivity index (χ4n) is 1.47. The van der Waals surface area contributed by atoms with Crippen molar-refractivity contribution < 1.29 is 9.90 Å². The molecule has 0 aliphatic rings. The van der Waals surface area contributed by atoms with Crippen LogP contribution in [-0.2, 0) is 0 Å². The van der Waals surface area contributed by atoms with E-state index < -0.39 is 5.97 Å². The minimum atomic E-state index is -0.991. The van der Waals surface area contributed by atoms with Crippen molar-refractivity contribution in [2.75, 3.05) is 0 Å². The van der Waals surface area contributed by atoms with Gasteiger partial charge in [-0.25, -0.2) is 4.79 Å². The topological polar surface area (TPSA) is 66.7 Å². The standard InChI is InChI=1S/C13H9NO3S/c15-13(16)9-5-1-3-7-11(9)18-12-8-4-2-6-10(12)14-17/h1-8H,(H,15,16). The first-order valence-electron chi connectivity index (χ1n) is 5.15. The lowest BCUT2D eigenvalue weighted by atomic mass is 10.2. The molecule has 2 aromatic rings. The summed E-state index contributed by atoms with van der Waals surface area (Å²) in [5, 5.41) is 12.0. The number of nitroso groups, excluding NO2 is 1. The zero-order valence-corrected chi connectivity index (χ0v) is 10.1. The molecule has 2 rings (SSSR count). The van der Waals surface area contributed by atoms with Crippen molar-refractivity contribution in [2.45, 2.75) is 9.79 Å². The Morgan fingerprint density at radius 3 is 2.28 bits per heavy atom. The van der Waals surface area contributed by atoms with Gasteiger partial charge in [0.1, 0.15) is 5.69 Å². The van der Waals surface area contributed by atoms with E-state index in [-0.39, 0.29) is 5.56 Å². The summed E-state index contributed by atoms with van der Waals surface area (Å²) in [7, 11) is 0. The number of hydrogen-bond donors (Lipinski definition) is 1. The predicted molar refractivity (Wildman–Crippen MR) is 69.4 cm³/mol. The highest BCUT2D eigenvalue weighted by Gasteiger charge is 2.12. The first-order valence-corrected chi connectivity index (χ1v) is 5.96. The lowest BCUT2D eigenvalue weighted by Gasteiger charge is -2.06. The first kappa shape index (κ1) is 12.3. The number of carboxylic acid groups (broad SMARTS) is 1. The quantitative estimate of drug-likeness (QED) is 0.844. The average Bonchev–Trinajstić information content (AvgIpc) is 2.40. The Labute approximate surface area is 108 Å². The molecule has 0 aromatic heterocycles. The van der Waals surface area contributed by atoms with Gasteiger partial charge in [0.2, 0.25) is 0 Å². The van der Waals surface area contributed by atoms with E-state index in [1.807, 2.05) is 0 Å². The van der Waals surface area contributed by atoms with Crippen molar-refractivity contribution in [3.63, 3.8) is 0 Å². The van der Waals surface area contributed by atoms with Crippen LogP contribution in [0, 0.1) is 4.91 Å². The monoisotopic (exact) mass is 259 g/mol. The van der Waals surface area contributed by atoms with Crippen LogP contribution in [0.25, 0.3) is 0 Å². The predicted octanol–water partition coefficient (Wildman–Crippen LogP) is 3.93. The number of nitrogens with zero attached hydrogens (tertiary/aromatic N) is 1. The van der Waals surface area contributed by atoms with Crippen LogP contribution in [0.3, 0.4) is 0 Å². The van der Waals surface area contributed by atoms with Gasteiger partial charge in [-0.3, -0.25) is 0 Å². The van der Waals surface area contributed by atoms with E-state index in [2.05, 4.69) is 5.18 Å². The fraction of sp³-hybridized carbons (Fsp3) is 0. The van der Waals surface area contributed by atoms with E-state index in [4.69, 9.17) is 5.11 Å². The Kier molecular flexibility index (Phi) is 3.74. The Balaban J connectivity index is 2.40. The summed E-state index contributed by atoms with van der Waals surface area (Å²) in [4.78, 5) is 22.9. The van der Waals surface area contributed by atoms with Gasteiger partial charge in [0, 0.05) is 9.79 Å². The Morgan fingerprint density at radius 2 is 1.61 bits per heavy atom. The van der Waals surface area contributed by atoms with Gasteiger partial charge in [0.25, 0.3) is 0 Å². The van der Waals surface area contributed by atoms with E-state index >= 15 is 0 Å². The summed E-state index contributed by atoms with van der Waals surface area (Å²) in [5.74, 6) is -0.991. The van der Waals surface area contributed by atoms with Crippen molar-refractivity contribution in [3.05, 3.63) is 59.0 Å². The molecule has 0 saturated carbocycles. The Hall–Kier alpha value is -2.14. The average molecular weight is 259 g/mol. The summed E-state index contributed by atoms with van der Waals surface area (Å²) in [6.45, 7) is 0. The van der Waals surface area contributed by atoms with Crippen LogP contribution in [-0.4, -0.2) is 11.1 Å². The van der Waals surface area contributed by atoms with E-state index in [1.54, 1.807) is 42.5 Å². The number of rotatable bonds is 4. The molecular weight excluding hydrogens is 250 g/mol. The van der Waals surface area contributed by atoms with Gasteiger partial charge in [-0.2, -0.15) is 0 Å². The number of aromatic carboxylic acids is 1. The second-order valence-electron chi connectivity index (χ2n) is 3.46. The summed E-state index contributed by atoms with van der Waals surface area (Å²) >= 11 is 1.22. The number of hydrogen-bond acceptors (Lipinski definition) is 4. The van der Waals surface area contributed by atoms with Gasteiger partial charge in [0.15, 0.2) is 0 Å². The zero-order chi connectivity index (χ0) is 13.0. The van der Waals surface area contributed by atoms with Gasteiger partial charge in [-0.1, -0.05) is 36.0 Å². The lowest BCUT2D eigenvalue weighted by molar-refractivity contribution is 0.0693. The molecule has 0 radical (unpaired) electrons. The molecule has 0 aliphatic heterocycles. The van der Waals surface area contributed by atoms with E-state index in [0.717, 1.165) is 0 Å². The van der Waals surface area contributed by atoms with E-state index in [1.165, 1.54) is 17.8 Å². The maximum atomic E-state index is 11.1. The van der Waals surface area contributed by atoms with Crippen LogP contribution >= 0.6 is 11.8 Å². The van der Waals surface area contributed by atoms with Gasteiger partial charge < -0.3 is 5.11 Å². The molecule has 90 valence electrons. The van der Waals surface area contributed by atoms with Crippen molar-refractivity contribution in [1.82, 2.24) is 0 Å². The van der Waals surface area contributed by atoms with Gasteiger partial charge in [-0.15, -0.1) is 4.91 Å². The normalized spacial score (nSPS) is 10.0. The van der Waals surface area contributed by atoms with Crippen LogP contribution in [0.1, 0.15) is 10.4 Å². The Bertz CT molecular complexity index is 598. The maximum Gasteiger partial charge on any atom is 0.336 e. The smallest absolute Gasteiger partial charge is 0.336 e. The SMILES string of the molecule is O=Nc1ccccc1Sc1ccccc1C(=O)O. The highest BCUT2D eigenvalue weighted by atomic mass is 32.2. The van der Waals surface area contributed by atoms with E-state index in [0.29, 0.717) is 15.5 Å². The van der Waals surface area contributed by atoms with Crippen LogP contribution in [0.4, 0.5) is 5.69 Å². The molecule has 0 spiro atoms. The van der Waals surface area contributed by atoms with Crippen molar-refractivity contribution in [1.29, 1.82) is 0 Å². The molecular formula is C13H9NO3S. The number of carbonyl (C=O) groups is 1. The van der Waals surface area contributed by atoms with Crippen molar-refractivity contribution in [3.8, 4) is 0 Å². The molecule has 0 fully saturated rings. The molecule has 1 N–H and O–H groups in total. The molecule has 0 amide bonds. The molecule has 18 heavy (non-hydrogen) atoms. The second kappa shape index (κ2) is 5.46. The third-order valence-electron chi connectivity index (χ3n) is 2.30. The van der Waals surface area contributed by atoms with Gasteiger partial charge >= 0.3 is 5.97 Å². The molecule has 0 aliphatic carbocycles. The lowest BCUT2D eigenvalue weighted by Crippen LogP contribution is -1.97. The largest absolute Gasteiger partial charge is 0.478 e. The summed E-state index contributed by atoms with van der Waals surface area (Å²) < 4.78 is 0. The fourth-order valence-corrected chi connectivity index (χ4v) is 2.48. The second-order valence-corrected chi connectivity index (χ2v) is 4.55. The zero-order valence-electron chi connectivity index (χ0n) is 9.24. The minimum Gasteiger partial charge on any atom is -0.478 e. The summed E-state index contributed by atoms with van der Waals surface area (Å²) in [6, 6.07) is 13.5. The minimum absolute atomic E-state index is 0.211. The van der Waals surface area contributed by atoms with Crippen LogP contribution in [0.2, 0.25) is 0 Å². The summed E-state index contributed by atoms with van der Waals surface area (Å²) in [6.07, 6.45) is 0. The molecule has 2 aromatic carbocycles. The first-order chi connectivity index (χ1) is 8.72. The number of carboxylic acids is 1. The summed E-state index contributed by atoms with van der Waals surface area (Å²) in [5.41, 5.74) is 0.519. The third-order valence-corrected chi connectivity index (χ3v) is 3.44. The molecule has 0 heterocycles. The van der Waals surface area contributed by atoms with Crippen molar-refractivity contribution in [2.24, 2.45) is 5.18 Å². The highest BCUT2D eigenvalue weighted by Crippen LogP contribution is 2.36. The van der Waals surface area contributed by atoms with Crippen molar-refractivity contribution >= 4 is 23.4 Å². The third kappa shape index (κ3) is 2.57. The van der Waals surface area contributed by atoms with Crippen LogP contribution in [0.15, 0.2) is 63.5 Å². The molecule has 0 unspecified atom stereocenters. The Morgan fingerprint density at radius 1 is 1.00 bits per heavy atom. The molecule has 4 nitrogen and oxygen atoms in total.